The molecule has 2 atom stereocenters. The van der Waals surface area contributed by atoms with Gasteiger partial charge in [-0.25, -0.2) is 9.97 Å². The Morgan fingerprint density at radius 2 is 1.81 bits per heavy atom. The van der Waals surface area contributed by atoms with E-state index in [0.29, 0.717) is 50.1 Å². The van der Waals surface area contributed by atoms with Gasteiger partial charge < -0.3 is 15.5 Å². The molecule has 8 nitrogen and oxygen atoms in total. The predicted molar refractivity (Wildman–Crippen MR) is 144 cm³/mol. The molecule has 1 saturated heterocycles. The second-order valence-electron chi connectivity index (χ2n) is 8.92. The van der Waals surface area contributed by atoms with Crippen molar-refractivity contribution in [1.82, 2.24) is 19.9 Å². The van der Waals surface area contributed by atoms with Gasteiger partial charge in [0.2, 0.25) is 0 Å². The first-order valence-corrected chi connectivity index (χ1v) is 12.2. The lowest BCUT2D eigenvalue weighted by molar-refractivity contribution is 0.407. The lowest BCUT2D eigenvalue weighted by Gasteiger charge is -2.38. The molecule has 0 saturated carbocycles. The van der Waals surface area contributed by atoms with E-state index in [2.05, 4.69) is 45.4 Å². The van der Waals surface area contributed by atoms with Gasteiger partial charge in [-0.05, 0) is 44.2 Å². The maximum atomic E-state index is 13.1. The Hall–Kier alpha value is -3.64. The third-order valence-corrected chi connectivity index (χ3v) is 6.72. The molecule has 2 aromatic heterocycles. The summed E-state index contributed by atoms with van der Waals surface area (Å²) in [4.78, 5) is 24.2. The number of anilines is 3. The van der Waals surface area contributed by atoms with Crippen LogP contribution in [-0.4, -0.2) is 39.7 Å². The first-order valence-electron chi connectivity index (χ1n) is 11.5. The zero-order valence-corrected chi connectivity index (χ0v) is 21.2. The van der Waals surface area contributed by atoms with Gasteiger partial charge in [-0.2, -0.15) is 5.26 Å². The fourth-order valence-corrected chi connectivity index (χ4v) is 5.20. The van der Waals surface area contributed by atoms with Crippen molar-refractivity contribution in [2.75, 3.05) is 23.3 Å². The summed E-state index contributed by atoms with van der Waals surface area (Å²) in [5.74, 6) is 0.504. The van der Waals surface area contributed by atoms with E-state index in [4.69, 9.17) is 23.2 Å². The summed E-state index contributed by atoms with van der Waals surface area (Å²) in [6, 6.07) is 15.4. The SMILES string of the molecule is C[C@@H]1CN(c2ccc(Nc3cc4ncn(-c5c(Cl)cccc5Cl)c(=O)c4cn3)cc2C#N)C[C@H](C)N1. The highest BCUT2D eigenvalue weighted by atomic mass is 35.5. The summed E-state index contributed by atoms with van der Waals surface area (Å²) in [6.45, 7) is 5.95. The number of pyridine rings is 1. The standard InChI is InChI=1S/C26H23Cl2N7O/c1-15-12-34(13-16(2)32-15)23-7-6-18(8-17(23)10-29)33-24-9-22-19(11-30-24)26(36)35(14-31-22)25-20(27)4-3-5-21(25)28/h3-9,11,14-16,32H,12-13H2,1-2H3,(H,30,33)/t15-,16+. The van der Waals surface area contributed by atoms with Gasteiger partial charge in [-0.15, -0.1) is 0 Å². The van der Waals surface area contributed by atoms with E-state index < -0.39 is 0 Å². The lowest BCUT2D eigenvalue weighted by Crippen LogP contribution is -2.54. The van der Waals surface area contributed by atoms with Gasteiger partial charge in [0, 0.05) is 43.1 Å². The second-order valence-corrected chi connectivity index (χ2v) is 9.73. The number of nitrogens with zero attached hydrogens (tertiary/aromatic N) is 5. The molecule has 1 fully saturated rings. The molecule has 0 unspecified atom stereocenters. The van der Waals surface area contributed by atoms with E-state index in [1.807, 2.05) is 18.2 Å². The number of para-hydroxylation sites is 1. The Kier molecular flexibility index (Phi) is 6.54. The number of rotatable bonds is 4. The average molecular weight is 520 g/mol. The zero-order chi connectivity index (χ0) is 25.4. The van der Waals surface area contributed by atoms with E-state index in [-0.39, 0.29) is 5.56 Å². The molecule has 5 rings (SSSR count). The Morgan fingerprint density at radius 3 is 2.50 bits per heavy atom. The number of hydrogen-bond acceptors (Lipinski definition) is 7. The quantitative estimate of drug-likeness (QED) is 0.395. The normalized spacial score (nSPS) is 17.7. The third kappa shape index (κ3) is 4.61. The number of hydrogen-bond donors (Lipinski definition) is 2. The molecule has 0 aliphatic carbocycles. The summed E-state index contributed by atoms with van der Waals surface area (Å²) in [6.07, 6.45) is 2.87. The molecule has 36 heavy (non-hydrogen) atoms. The Morgan fingerprint density at radius 1 is 1.08 bits per heavy atom. The first kappa shape index (κ1) is 24.1. The Labute approximate surface area is 218 Å². The second kappa shape index (κ2) is 9.78. The van der Waals surface area contributed by atoms with Crippen LogP contribution in [0, 0.1) is 11.3 Å². The minimum Gasteiger partial charge on any atom is -0.367 e. The number of fused-ring (bicyclic) bond motifs is 1. The fourth-order valence-electron chi connectivity index (χ4n) is 4.62. The van der Waals surface area contributed by atoms with Crippen LogP contribution >= 0.6 is 23.2 Å². The topological polar surface area (TPSA) is 98.9 Å². The predicted octanol–water partition coefficient (Wildman–Crippen LogP) is 4.89. The van der Waals surface area contributed by atoms with Gasteiger partial charge in [0.1, 0.15) is 18.2 Å². The van der Waals surface area contributed by atoms with Gasteiger partial charge in [0.25, 0.3) is 5.56 Å². The van der Waals surface area contributed by atoms with Gasteiger partial charge in [-0.3, -0.25) is 9.36 Å². The third-order valence-electron chi connectivity index (χ3n) is 6.11. The molecule has 2 aromatic carbocycles. The zero-order valence-electron chi connectivity index (χ0n) is 19.7. The van der Waals surface area contributed by atoms with Crippen LogP contribution in [0.3, 0.4) is 0 Å². The average Bonchev–Trinajstić information content (AvgIpc) is 2.84. The van der Waals surface area contributed by atoms with Crippen molar-refractivity contribution in [1.29, 1.82) is 5.26 Å². The van der Waals surface area contributed by atoms with Gasteiger partial charge >= 0.3 is 0 Å². The van der Waals surface area contributed by atoms with Crippen LogP contribution in [0.4, 0.5) is 17.2 Å². The molecule has 0 spiro atoms. The molecular formula is C26H23Cl2N7O. The summed E-state index contributed by atoms with van der Waals surface area (Å²) >= 11 is 12.6. The minimum atomic E-state index is -0.329. The Balaban J connectivity index is 1.44. The van der Waals surface area contributed by atoms with E-state index in [1.165, 1.54) is 17.1 Å². The summed E-state index contributed by atoms with van der Waals surface area (Å²) in [5, 5.41) is 17.5. The van der Waals surface area contributed by atoms with Crippen LogP contribution < -0.4 is 21.1 Å². The van der Waals surface area contributed by atoms with Crippen molar-refractivity contribution in [2.45, 2.75) is 25.9 Å². The van der Waals surface area contributed by atoms with Crippen LogP contribution in [0.15, 0.2) is 59.8 Å². The van der Waals surface area contributed by atoms with Crippen LogP contribution in [0.1, 0.15) is 19.4 Å². The largest absolute Gasteiger partial charge is 0.367 e. The van der Waals surface area contributed by atoms with Crippen LogP contribution in [0.2, 0.25) is 10.0 Å². The van der Waals surface area contributed by atoms with Gasteiger partial charge in [0.15, 0.2) is 0 Å². The molecule has 4 aromatic rings. The van der Waals surface area contributed by atoms with E-state index >= 15 is 0 Å². The van der Waals surface area contributed by atoms with Crippen LogP contribution in [0.25, 0.3) is 16.6 Å². The Bertz CT molecular complexity index is 1530. The number of nitrogens with one attached hydrogen (secondary N) is 2. The van der Waals surface area contributed by atoms with Crippen molar-refractivity contribution in [3.05, 3.63) is 81.0 Å². The molecule has 0 amide bonds. The van der Waals surface area contributed by atoms with Gasteiger partial charge in [-0.1, -0.05) is 29.3 Å². The monoisotopic (exact) mass is 519 g/mol. The molecule has 3 heterocycles. The summed E-state index contributed by atoms with van der Waals surface area (Å²) < 4.78 is 1.32. The first-order chi connectivity index (χ1) is 17.3. The number of halogens is 2. The van der Waals surface area contributed by atoms with Crippen molar-refractivity contribution in [3.63, 3.8) is 0 Å². The number of nitriles is 1. The van der Waals surface area contributed by atoms with Crippen molar-refractivity contribution in [3.8, 4) is 11.8 Å². The molecule has 0 bridgehead atoms. The van der Waals surface area contributed by atoms with Crippen LogP contribution in [-0.2, 0) is 0 Å². The summed E-state index contributed by atoms with van der Waals surface area (Å²) in [7, 11) is 0. The van der Waals surface area contributed by atoms with Crippen molar-refractivity contribution < 1.29 is 0 Å². The highest BCUT2D eigenvalue weighted by Crippen LogP contribution is 2.29. The van der Waals surface area contributed by atoms with E-state index in [9.17, 15) is 10.1 Å². The highest BCUT2D eigenvalue weighted by Gasteiger charge is 2.23. The van der Waals surface area contributed by atoms with E-state index in [1.54, 1.807) is 24.3 Å². The molecule has 10 heteroatoms. The highest BCUT2D eigenvalue weighted by molar-refractivity contribution is 6.37. The molecular weight excluding hydrogens is 497 g/mol. The lowest BCUT2D eigenvalue weighted by atomic mass is 10.1. The number of aromatic nitrogens is 3. The summed E-state index contributed by atoms with van der Waals surface area (Å²) in [5.41, 5.74) is 2.73. The number of benzene rings is 2. The smallest absolute Gasteiger partial charge is 0.267 e. The molecule has 2 N–H and O–H groups in total. The van der Waals surface area contributed by atoms with Crippen LogP contribution in [0.5, 0.6) is 0 Å². The molecule has 182 valence electrons. The van der Waals surface area contributed by atoms with Crippen molar-refractivity contribution in [2.24, 2.45) is 0 Å². The van der Waals surface area contributed by atoms with Crippen molar-refractivity contribution >= 4 is 51.3 Å². The van der Waals surface area contributed by atoms with E-state index in [0.717, 1.165) is 24.5 Å². The molecule has 0 radical (unpaired) electrons. The maximum Gasteiger partial charge on any atom is 0.267 e. The molecule has 1 aliphatic rings. The van der Waals surface area contributed by atoms with Gasteiger partial charge in [0.05, 0.1) is 37.9 Å². The minimum absolute atomic E-state index is 0.328. The fraction of sp³-hybridized carbons (Fsp3) is 0.231. The maximum absolute atomic E-state index is 13.1. The number of piperazine rings is 1. The molecule has 1 aliphatic heterocycles.